The third-order valence-electron chi connectivity index (χ3n) is 2.76. The Bertz CT molecular complexity index is 470. The summed E-state index contributed by atoms with van der Waals surface area (Å²) in [7, 11) is 0. The lowest BCUT2D eigenvalue weighted by Gasteiger charge is -2.18. The van der Waals surface area contributed by atoms with Crippen LogP contribution in [0, 0.1) is 0 Å². The Labute approximate surface area is 101 Å². The van der Waals surface area contributed by atoms with Crippen molar-refractivity contribution in [1.82, 2.24) is 10.4 Å². The fourth-order valence-corrected chi connectivity index (χ4v) is 1.84. The molecule has 0 fully saturated rings. The number of nitrogens with zero attached hydrogens (tertiary/aromatic N) is 1. The van der Waals surface area contributed by atoms with E-state index in [4.69, 9.17) is 11.6 Å². The average Bonchev–Trinajstić information content (AvgIpc) is 2.38. The Morgan fingerprint density at radius 1 is 1.12 bits per heavy atom. The normalized spacial score (nSPS) is 12.3. The van der Waals surface area contributed by atoms with Crippen molar-refractivity contribution in [2.75, 3.05) is 5.73 Å². The van der Waals surface area contributed by atoms with Gasteiger partial charge in [0.1, 0.15) is 0 Å². The van der Waals surface area contributed by atoms with Crippen molar-refractivity contribution in [2.45, 2.75) is 12.5 Å². The largest absolute Gasteiger partial charge is 0.398 e. The van der Waals surface area contributed by atoms with Gasteiger partial charge in [-0.3, -0.25) is 16.3 Å². The van der Waals surface area contributed by atoms with Crippen molar-refractivity contribution in [3.63, 3.8) is 0 Å². The highest BCUT2D eigenvalue weighted by Gasteiger charge is 2.12. The summed E-state index contributed by atoms with van der Waals surface area (Å²) in [5, 5.41) is 0. The zero-order chi connectivity index (χ0) is 12.1. The minimum Gasteiger partial charge on any atom is -0.398 e. The van der Waals surface area contributed by atoms with Crippen molar-refractivity contribution in [1.29, 1.82) is 0 Å². The molecular weight excluding hydrogens is 212 g/mol. The molecule has 0 aliphatic heterocycles. The first kappa shape index (κ1) is 11.6. The Morgan fingerprint density at radius 3 is 2.47 bits per heavy atom. The summed E-state index contributed by atoms with van der Waals surface area (Å²) < 4.78 is 0. The summed E-state index contributed by atoms with van der Waals surface area (Å²) in [5.41, 5.74) is 11.7. The topological polar surface area (TPSA) is 77.0 Å². The number of benzene rings is 1. The van der Waals surface area contributed by atoms with Gasteiger partial charge >= 0.3 is 0 Å². The number of aromatic nitrogens is 1. The Balaban J connectivity index is 2.21. The van der Waals surface area contributed by atoms with Gasteiger partial charge in [0.2, 0.25) is 0 Å². The van der Waals surface area contributed by atoms with E-state index in [1.165, 1.54) is 5.56 Å². The number of hydrogen-bond acceptors (Lipinski definition) is 4. The van der Waals surface area contributed by atoms with E-state index >= 15 is 0 Å². The average molecular weight is 228 g/mol. The second-order valence-electron chi connectivity index (χ2n) is 3.91. The van der Waals surface area contributed by atoms with Crippen molar-refractivity contribution in [3.8, 4) is 0 Å². The van der Waals surface area contributed by atoms with Crippen LogP contribution >= 0.6 is 0 Å². The number of anilines is 1. The molecule has 1 aromatic heterocycles. The molecule has 4 nitrogen and oxygen atoms in total. The number of rotatable bonds is 4. The van der Waals surface area contributed by atoms with Crippen LogP contribution < -0.4 is 17.0 Å². The highest BCUT2D eigenvalue weighted by molar-refractivity contribution is 5.48. The van der Waals surface area contributed by atoms with Gasteiger partial charge in [0.15, 0.2) is 0 Å². The lowest BCUT2D eigenvalue weighted by molar-refractivity contribution is 0.553. The summed E-state index contributed by atoms with van der Waals surface area (Å²) in [6.07, 6.45) is 4.34. The Morgan fingerprint density at radius 2 is 1.82 bits per heavy atom. The zero-order valence-corrected chi connectivity index (χ0v) is 9.51. The molecule has 0 amide bonds. The van der Waals surface area contributed by atoms with Gasteiger partial charge < -0.3 is 5.73 Å². The van der Waals surface area contributed by atoms with E-state index in [2.05, 4.69) is 10.4 Å². The summed E-state index contributed by atoms with van der Waals surface area (Å²) in [4.78, 5) is 3.99. The van der Waals surface area contributed by atoms with Crippen LogP contribution in [-0.4, -0.2) is 4.98 Å². The molecule has 2 aromatic rings. The molecule has 1 aromatic carbocycles. The monoisotopic (exact) mass is 228 g/mol. The fourth-order valence-electron chi connectivity index (χ4n) is 1.84. The SMILES string of the molecule is NNC(Cc1ccncc1)c1ccccc1N. The number of para-hydroxylation sites is 1. The van der Waals surface area contributed by atoms with Crippen molar-refractivity contribution >= 4 is 5.69 Å². The summed E-state index contributed by atoms with van der Waals surface area (Å²) in [6.45, 7) is 0. The van der Waals surface area contributed by atoms with Gasteiger partial charge in [-0.2, -0.15) is 0 Å². The van der Waals surface area contributed by atoms with E-state index in [0.29, 0.717) is 0 Å². The summed E-state index contributed by atoms with van der Waals surface area (Å²) in [5.74, 6) is 5.60. The van der Waals surface area contributed by atoms with Gasteiger partial charge in [0, 0.05) is 18.1 Å². The second kappa shape index (κ2) is 5.43. The lowest BCUT2D eigenvalue weighted by Crippen LogP contribution is -2.30. The van der Waals surface area contributed by atoms with Crippen LogP contribution in [0.25, 0.3) is 0 Å². The van der Waals surface area contributed by atoms with Gasteiger partial charge in [-0.15, -0.1) is 0 Å². The van der Waals surface area contributed by atoms with Crippen molar-refractivity contribution in [2.24, 2.45) is 5.84 Å². The van der Waals surface area contributed by atoms with Crippen LogP contribution in [0.1, 0.15) is 17.2 Å². The molecule has 1 heterocycles. The third-order valence-corrected chi connectivity index (χ3v) is 2.76. The van der Waals surface area contributed by atoms with Gasteiger partial charge in [-0.1, -0.05) is 18.2 Å². The van der Waals surface area contributed by atoms with E-state index in [9.17, 15) is 0 Å². The van der Waals surface area contributed by atoms with Gasteiger partial charge in [0.05, 0.1) is 6.04 Å². The maximum atomic E-state index is 5.94. The first-order chi connectivity index (χ1) is 8.31. The van der Waals surface area contributed by atoms with Gasteiger partial charge in [0.25, 0.3) is 0 Å². The molecule has 4 heteroatoms. The molecule has 0 saturated carbocycles. The van der Waals surface area contributed by atoms with Crippen LogP contribution in [0.4, 0.5) is 5.69 Å². The summed E-state index contributed by atoms with van der Waals surface area (Å²) >= 11 is 0. The molecule has 88 valence electrons. The molecule has 2 rings (SSSR count). The molecule has 0 aliphatic rings. The van der Waals surface area contributed by atoms with Crippen LogP contribution in [0.15, 0.2) is 48.8 Å². The number of hydrazine groups is 1. The minimum atomic E-state index is 0.0126. The molecule has 0 saturated heterocycles. The first-order valence-corrected chi connectivity index (χ1v) is 5.50. The number of hydrogen-bond donors (Lipinski definition) is 3. The number of nitrogen functional groups attached to an aromatic ring is 1. The Hall–Kier alpha value is -1.91. The standard InChI is InChI=1S/C13H16N4/c14-12-4-2-1-3-11(12)13(17-15)9-10-5-7-16-8-6-10/h1-8,13,17H,9,14-15H2. The van der Waals surface area contributed by atoms with Crippen LogP contribution in [0.5, 0.6) is 0 Å². The zero-order valence-electron chi connectivity index (χ0n) is 9.51. The first-order valence-electron chi connectivity index (χ1n) is 5.50. The molecule has 0 radical (unpaired) electrons. The van der Waals surface area contributed by atoms with Crippen LogP contribution in [-0.2, 0) is 6.42 Å². The molecular formula is C13H16N4. The maximum Gasteiger partial charge on any atom is 0.0520 e. The van der Waals surface area contributed by atoms with E-state index in [-0.39, 0.29) is 6.04 Å². The van der Waals surface area contributed by atoms with E-state index in [1.807, 2.05) is 36.4 Å². The predicted molar refractivity (Wildman–Crippen MR) is 68.9 cm³/mol. The predicted octanol–water partition coefficient (Wildman–Crippen LogP) is 1.41. The summed E-state index contributed by atoms with van der Waals surface area (Å²) in [6, 6.07) is 11.7. The second-order valence-corrected chi connectivity index (χ2v) is 3.91. The molecule has 17 heavy (non-hydrogen) atoms. The molecule has 0 bridgehead atoms. The van der Waals surface area contributed by atoms with Crippen LogP contribution in [0.2, 0.25) is 0 Å². The highest BCUT2D eigenvalue weighted by atomic mass is 15.2. The minimum absolute atomic E-state index is 0.0126. The highest BCUT2D eigenvalue weighted by Crippen LogP contribution is 2.22. The maximum absolute atomic E-state index is 5.94. The quantitative estimate of drug-likeness (QED) is 0.420. The molecule has 5 N–H and O–H groups in total. The lowest BCUT2D eigenvalue weighted by atomic mass is 9.99. The van der Waals surface area contributed by atoms with Crippen LogP contribution in [0.3, 0.4) is 0 Å². The smallest absolute Gasteiger partial charge is 0.0520 e. The van der Waals surface area contributed by atoms with Crippen molar-refractivity contribution in [3.05, 3.63) is 59.9 Å². The number of nitrogens with one attached hydrogen (secondary N) is 1. The molecule has 1 unspecified atom stereocenters. The molecule has 1 atom stereocenters. The van der Waals surface area contributed by atoms with E-state index < -0.39 is 0 Å². The van der Waals surface area contributed by atoms with E-state index in [0.717, 1.165) is 17.7 Å². The van der Waals surface area contributed by atoms with Gasteiger partial charge in [-0.05, 0) is 35.7 Å². The van der Waals surface area contributed by atoms with E-state index in [1.54, 1.807) is 12.4 Å². The fraction of sp³-hybridized carbons (Fsp3) is 0.154. The Kier molecular flexibility index (Phi) is 3.69. The third kappa shape index (κ3) is 2.81. The molecule has 0 aliphatic carbocycles. The molecule has 0 spiro atoms. The number of nitrogens with two attached hydrogens (primary N) is 2. The number of pyridine rings is 1. The van der Waals surface area contributed by atoms with Gasteiger partial charge in [-0.25, -0.2) is 0 Å². The van der Waals surface area contributed by atoms with Crippen molar-refractivity contribution < 1.29 is 0 Å².